The molecule has 17 heavy (non-hydrogen) atoms. The van der Waals surface area contributed by atoms with E-state index < -0.39 is 0 Å². The predicted molar refractivity (Wildman–Crippen MR) is 72.2 cm³/mol. The van der Waals surface area contributed by atoms with Crippen LogP contribution in [0.4, 0.5) is 5.69 Å². The van der Waals surface area contributed by atoms with Crippen molar-refractivity contribution in [2.24, 2.45) is 5.92 Å². The Hall–Kier alpha value is -1.38. The number of nitrogens with one attached hydrogen (secondary N) is 1. The average Bonchev–Trinajstić information content (AvgIpc) is 2.29. The Kier molecular flexibility index (Phi) is 5.13. The molecular formula is C14H23NO2. The quantitative estimate of drug-likeness (QED) is 0.821. The molecule has 1 aromatic carbocycles. The van der Waals surface area contributed by atoms with E-state index in [4.69, 9.17) is 9.47 Å². The predicted octanol–water partition coefficient (Wildman–Crippen LogP) is 3.47. The van der Waals surface area contributed by atoms with Crippen LogP contribution in [0, 0.1) is 12.8 Å². The summed E-state index contributed by atoms with van der Waals surface area (Å²) in [5, 5.41) is 3.39. The summed E-state index contributed by atoms with van der Waals surface area (Å²) in [6.45, 7) is 7.38. The molecule has 0 aromatic heterocycles. The van der Waals surface area contributed by atoms with E-state index in [0.29, 0.717) is 5.92 Å². The highest BCUT2D eigenvalue weighted by Gasteiger charge is 2.10. The van der Waals surface area contributed by atoms with Gasteiger partial charge in [0.05, 0.1) is 14.2 Å². The Morgan fingerprint density at radius 3 is 2.06 bits per heavy atom. The van der Waals surface area contributed by atoms with E-state index in [2.05, 4.69) is 19.2 Å². The summed E-state index contributed by atoms with van der Waals surface area (Å²) in [5.74, 6) is 2.36. The number of aryl methyl sites for hydroxylation is 1. The van der Waals surface area contributed by atoms with Gasteiger partial charge in [0, 0.05) is 6.54 Å². The van der Waals surface area contributed by atoms with Crippen molar-refractivity contribution in [3.8, 4) is 11.5 Å². The van der Waals surface area contributed by atoms with Crippen molar-refractivity contribution < 1.29 is 9.47 Å². The van der Waals surface area contributed by atoms with Crippen molar-refractivity contribution in [2.75, 3.05) is 26.1 Å². The average molecular weight is 237 g/mol. The number of hydrogen-bond donors (Lipinski definition) is 1. The molecule has 0 aliphatic rings. The maximum atomic E-state index is 5.38. The molecule has 96 valence electrons. The van der Waals surface area contributed by atoms with Gasteiger partial charge in [0.15, 0.2) is 0 Å². The summed E-state index contributed by atoms with van der Waals surface area (Å²) in [7, 11) is 3.36. The molecule has 0 aliphatic carbocycles. The van der Waals surface area contributed by atoms with Gasteiger partial charge >= 0.3 is 0 Å². The summed E-state index contributed by atoms with van der Waals surface area (Å²) in [4.78, 5) is 0. The lowest BCUT2D eigenvalue weighted by Gasteiger charge is -2.16. The molecule has 0 spiro atoms. The molecule has 0 bridgehead atoms. The normalized spacial score (nSPS) is 10.5. The largest absolute Gasteiger partial charge is 0.494 e. The zero-order chi connectivity index (χ0) is 12.8. The van der Waals surface area contributed by atoms with Gasteiger partial charge in [-0.05, 0) is 37.0 Å². The highest BCUT2D eigenvalue weighted by atomic mass is 16.5. The van der Waals surface area contributed by atoms with E-state index in [9.17, 15) is 0 Å². The van der Waals surface area contributed by atoms with Crippen molar-refractivity contribution in [1.29, 1.82) is 0 Å². The first-order valence-corrected chi connectivity index (χ1v) is 6.05. The lowest BCUT2D eigenvalue weighted by Crippen LogP contribution is -2.07. The Bertz CT molecular complexity index is 336. The van der Waals surface area contributed by atoms with Crippen LogP contribution in [-0.4, -0.2) is 20.8 Å². The van der Waals surface area contributed by atoms with E-state index in [1.165, 1.54) is 0 Å². The van der Waals surface area contributed by atoms with Crippen LogP contribution in [0.2, 0.25) is 0 Å². The fourth-order valence-electron chi connectivity index (χ4n) is 1.70. The van der Waals surface area contributed by atoms with Gasteiger partial charge < -0.3 is 14.8 Å². The van der Waals surface area contributed by atoms with Crippen molar-refractivity contribution >= 4 is 5.69 Å². The zero-order valence-electron chi connectivity index (χ0n) is 11.5. The topological polar surface area (TPSA) is 30.5 Å². The Labute approximate surface area is 104 Å². The smallest absolute Gasteiger partial charge is 0.146 e. The Morgan fingerprint density at radius 2 is 1.65 bits per heavy atom. The van der Waals surface area contributed by atoms with Crippen LogP contribution < -0.4 is 14.8 Å². The number of benzene rings is 1. The molecule has 1 rings (SSSR count). The molecule has 1 N–H and O–H groups in total. The minimum atomic E-state index is 0.685. The molecule has 3 heteroatoms. The molecule has 0 atom stereocenters. The van der Waals surface area contributed by atoms with Gasteiger partial charge in [0.2, 0.25) is 0 Å². The van der Waals surface area contributed by atoms with Crippen LogP contribution in [0.1, 0.15) is 25.8 Å². The first-order chi connectivity index (χ1) is 8.08. The molecule has 1 aromatic rings. The fourth-order valence-corrected chi connectivity index (χ4v) is 1.70. The van der Waals surface area contributed by atoms with E-state index in [0.717, 1.165) is 35.7 Å². The summed E-state index contributed by atoms with van der Waals surface area (Å²) >= 11 is 0. The van der Waals surface area contributed by atoms with E-state index >= 15 is 0 Å². The molecule has 0 unspecified atom stereocenters. The molecule has 0 amide bonds. The van der Waals surface area contributed by atoms with E-state index in [-0.39, 0.29) is 0 Å². The second-order valence-electron chi connectivity index (χ2n) is 4.65. The van der Waals surface area contributed by atoms with Gasteiger partial charge in [-0.15, -0.1) is 0 Å². The Morgan fingerprint density at radius 1 is 1.12 bits per heavy atom. The number of methoxy groups -OCH3 is 2. The van der Waals surface area contributed by atoms with Crippen LogP contribution in [-0.2, 0) is 0 Å². The number of ether oxygens (including phenoxy) is 2. The minimum absolute atomic E-state index is 0.685. The molecule has 0 aliphatic heterocycles. The van der Waals surface area contributed by atoms with E-state index in [1.807, 2.05) is 19.1 Å². The van der Waals surface area contributed by atoms with Crippen molar-refractivity contribution in [2.45, 2.75) is 27.2 Å². The maximum Gasteiger partial charge on any atom is 0.146 e. The van der Waals surface area contributed by atoms with Gasteiger partial charge in [0.25, 0.3) is 0 Å². The third-order valence-corrected chi connectivity index (χ3v) is 2.67. The van der Waals surface area contributed by atoms with Crippen LogP contribution >= 0.6 is 0 Å². The lowest BCUT2D eigenvalue weighted by atomic mass is 10.1. The van der Waals surface area contributed by atoms with Crippen molar-refractivity contribution in [1.82, 2.24) is 0 Å². The summed E-state index contributed by atoms with van der Waals surface area (Å²) < 4.78 is 10.8. The second kappa shape index (κ2) is 6.38. The maximum absolute atomic E-state index is 5.38. The van der Waals surface area contributed by atoms with Crippen LogP contribution in [0.15, 0.2) is 12.1 Å². The van der Waals surface area contributed by atoms with Gasteiger partial charge in [-0.2, -0.15) is 0 Å². The van der Waals surface area contributed by atoms with E-state index in [1.54, 1.807) is 14.2 Å². The molecule has 0 saturated carbocycles. The van der Waals surface area contributed by atoms with Gasteiger partial charge in [0.1, 0.15) is 17.2 Å². The third kappa shape index (κ3) is 3.84. The molecule has 0 fully saturated rings. The van der Waals surface area contributed by atoms with Crippen LogP contribution in [0.3, 0.4) is 0 Å². The first-order valence-electron chi connectivity index (χ1n) is 6.05. The third-order valence-electron chi connectivity index (χ3n) is 2.67. The fraction of sp³-hybridized carbons (Fsp3) is 0.571. The lowest BCUT2D eigenvalue weighted by molar-refractivity contribution is 0.396. The Balaban J connectivity index is 2.87. The summed E-state index contributed by atoms with van der Waals surface area (Å²) in [5.41, 5.74) is 2.08. The highest BCUT2D eigenvalue weighted by Crippen LogP contribution is 2.35. The number of rotatable bonds is 6. The summed E-state index contributed by atoms with van der Waals surface area (Å²) in [6, 6.07) is 4.03. The number of anilines is 1. The molecule has 3 nitrogen and oxygen atoms in total. The second-order valence-corrected chi connectivity index (χ2v) is 4.65. The zero-order valence-corrected chi connectivity index (χ0v) is 11.5. The van der Waals surface area contributed by atoms with Gasteiger partial charge in [-0.25, -0.2) is 0 Å². The molecule has 0 saturated heterocycles. The molecule has 0 radical (unpaired) electrons. The van der Waals surface area contributed by atoms with Crippen molar-refractivity contribution in [3.05, 3.63) is 17.7 Å². The van der Waals surface area contributed by atoms with Gasteiger partial charge in [-0.1, -0.05) is 13.8 Å². The first kappa shape index (κ1) is 13.7. The monoisotopic (exact) mass is 237 g/mol. The van der Waals surface area contributed by atoms with Gasteiger partial charge in [-0.3, -0.25) is 0 Å². The van der Waals surface area contributed by atoms with Crippen molar-refractivity contribution in [3.63, 3.8) is 0 Å². The molecular weight excluding hydrogens is 214 g/mol. The standard InChI is InChI=1S/C14H23NO2/c1-10(2)6-7-15-14-12(16-4)8-11(3)9-13(14)17-5/h8-10,15H,6-7H2,1-5H3. The summed E-state index contributed by atoms with van der Waals surface area (Å²) in [6.07, 6.45) is 1.13. The number of hydrogen-bond acceptors (Lipinski definition) is 3. The molecule has 0 heterocycles. The minimum Gasteiger partial charge on any atom is -0.494 e. The van der Waals surface area contributed by atoms with Crippen LogP contribution in [0.5, 0.6) is 11.5 Å². The van der Waals surface area contributed by atoms with Crippen LogP contribution in [0.25, 0.3) is 0 Å². The highest BCUT2D eigenvalue weighted by molar-refractivity contribution is 5.67. The SMILES string of the molecule is COc1cc(C)cc(OC)c1NCCC(C)C.